The van der Waals surface area contributed by atoms with Gasteiger partial charge < -0.3 is 19.0 Å². The molecule has 1 aliphatic heterocycles. The minimum Gasteiger partial charge on any atom is -0.494 e. The summed E-state index contributed by atoms with van der Waals surface area (Å²) in [5, 5.41) is 7.10. The Bertz CT molecular complexity index is 1360. The van der Waals surface area contributed by atoms with E-state index >= 15 is 0 Å². The molecule has 5 rings (SSSR count). The minimum absolute atomic E-state index is 0.212. The standard InChI is InChI=1S/C26H23FN4O4/c1-3-33-20-11-9-17(10-12-20)24-29-25(35-30-24)22-16(2)31(15-21-8-5-13-34-21)26(32)28-23(22)18-6-4-7-19(27)14-18/h4-14,23H,3,15H2,1-2H3,(H,28,32). The molecule has 0 fully saturated rings. The normalized spacial score (nSPS) is 15.9. The van der Waals surface area contributed by atoms with E-state index in [-0.39, 0.29) is 18.5 Å². The lowest BCUT2D eigenvalue weighted by atomic mass is 9.94. The molecule has 178 valence electrons. The number of carbonyl (C=O) groups is 1. The highest BCUT2D eigenvalue weighted by molar-refractivity contribution is 5.86. The summed E-state index contributed by atoms with van der Waals surface area (Å²) < 4.78 is 30.7. The van der Waals surface area contributed by atoms with Gasteiger partial charge in [0.2, 0.25) is 5.82 Å². The third-order valence-corrected chi connectivity index (χ3v) is 5.75. The molecule has 4 aromatic rings. The molecule has 0 radical (unpaired) electrons. The molecule has 8 nitrogen and oxygen atoms in total. The Hall–Kier alpha value is -4.40. The number of hydrogen-bond donors (Lipinski definition) is 1. The summed E-state index contributed by atoms with van der Waals surface area (Å²) >= 11 is 0. The molecular weight excluding hydrogens is 451 g/mol. The zero-order valence-corrected chi connectivity index (χ0v) is 19.2. The van der Waals surface area contributed by atoms with Crippen molar-refractivity contribution in [3.05, 3.63) is 95.7 Å². The van der Waals surface area contributed by atoms with Crippen LogP contribution in [-0.2, 0) is 6.54 Å². The molecule has 2 aromatic heterocycles. The minimum atomic E-state index is -0.681. The van der Waals surface area contributed by atoms with Gasteiger partial charge in [0.05, 0.1) is 31.0 Å². The van der Waals surface area contributed by atoms with Crippen molar-refractivity contribution in [1.29, 1.82) is 0 Å². The molecule has 2 aromatic carbocycles. The van der Waals surface area contributed by atoms with Crippen LogP contribution in [0, 0.1) is 5.82 Å². The van der Waals surface area contributed by atoms with E-state index in [0.717, 1.165) is 11.3 Å². The Balaban J connectivity index is 1.56. The second-order valence-corrected chi connectivity index (χ2v) is 7.98. The molecule has 1 atom stereocenters. The Morgan fingerprint density at radius 2 is 1.97 bits per heavy atom. The van der Waals surface area contributed by atoms with Crippen LogP contribution >= 0.6 is 0 Å². The zero-order chi connectivity index (χ0) is 24.4. The molecule has 0 saturated carbocycles. The predicted octanol–water partition coefficient (Wildman–Crippen LogP) is 5.57. The van der Waals surface area contributed by atoms with E-state index in [9.17, 15) is 9.18 Å². The second-order valence-electron chi connectivity index (χ2n) is 7.98. The summed E-state index contributed by atoms with van der Waals surface area (Å²) in [4.78, 5) is 19.2. The van der Waals surface area contributed by atoms with E-state index in [1.807, 2.05) is 31.2 Å². The summed E-state index contributed by atoms with van der Waals surface area (Å²) in [5.41, 5.74) is 2.48. The number of benzene rings is 2. The Kier molecular flexibility index (Phi) is 6.05. The molecule has 35 heavy (non-hydrogen) atoms. The van der Waals surface area contributed by atoms with Crippen LogP contribution in [0.4, 0.5) is 9.18 Å². The monoisotopic (exact) mass is 474 g/mol. The summed E-state index contributed by atoms with van der Waals surface area (Å²) in [6.07, 6.45) is 1.55. The first kappa shape index (κ1) is 22.4. The third kappa shape index (κ3) is 4.52. The van der Waals surface area contributed by atoms with Crippen LogP contribution in [0.25, 0.3) is 17.0 Å². The quantitative estimate of drug-likeness (QED) is 0.377. The van der Waals surface area contributed by atoms with Gasteiger partial charge in [0.1, 0.15) is 17.3 Å². The Morgan fingerprint density at radius 3 is 2.69 bits per heavy atom. The van der Waals surface area contributed by atoms with Crippen molar-refractivity contribution in [2.24, 2.45) is 0 Å². The van der Waals surface area contributed by atoms with Gasteiger partial charge in [-0.25, -0.2) is 9.18 Å². The third-order valence-electron chi connectivity index (χ3n) is 5.75. The average Bonchev–Trinajstić information content (AvgIpc) is 3.55. The smallest absolute Gasteiger partial charge is 0.322 e. The number of amides is 2. The SMILES string of the molecule is CCOc1ccc(-c2noc(C3=C(C)N(Cc4ccco4)C(=O)NC3c3cccc(F)c3)n2)cc1. The van der Waals surface area contributed by atoms with Crippen molar-refractivity contribution in [1.82, 2.24) is 20.4 Å². The number of nitrogens with zero attached hydrogens (tertiary/aromatic N) is 3. The highest BCUT2D eigenvalue weighted by Gasteiger charge is 2.36. The van der Waals surface area contributed by atoms with Gasteiger partial charge in [-0.2, -0.15) is 4.98 Å². The summed E-state index contributed by atoms with van der Waals surface area (Å²) in [6.45, 7) is 4.50. The summed E-state index contributed by atoms with van der Waals surface area (Å²) in [6, 6.07) is 15.9. The maximum Gasteiger partial charge on any atom is 0.322 e. The summed E-state index contributed by atoms with van der Waals surface area (Å²) in [5.74, 6) is 1.56. The van der Waals surface area contributed by atoms with E-state index < -0.39 is 11.9 Å². The van der Waals surface area contributed by atoms with Crippen LogP contribution < -0.4 is 10.1 Å². The van der Waals surface area contributed by atoms with E-state index in [1.165, 1.54) is 17.0 Å². The molecule has 1 aliphatic rings. The number of urea groups is 1. The fraction of sp³-hybridized carbons (Fsp3) is 0.192. The fourth-order valence-electron chi connectivity index (χ4n) is 4.06. The van der Waals surface area contributed by atoms with Crippen LogP contribution in [0.1, 0.15) is 37.1 Å². The van der Waals surface area contributed by atoms with Crippen molar-refractivity contribution < 1.29 is 22.9 Å². The predicted molar refractivity (Wildman–Crippen MR) is 125 cm³/mol. The first-order chi connectivity index (χ1) is 17.0. The van der Waals surface area contributed by atoms with Crippen LogP contribution in [0.2, 0.25) is 0 Å². The van der Waals surface area contributed by atoms with Crippen molar-refractivity contribution in [3.63, 3.8) is 0 Å². The van der Waals surface area contributed by atoms with Crippen LogP contribution in [0.3, 0.4) is 0 Å². The molecule has 3 heterocycles. The zero-order valence-electron chi connectivity index (χ0n) is 19.2. The lowest BCUT2D eigenvalue weighted by Crippen LogP contribution is -2.45. The molecular formula is C26H23FN4O4. The molecule has 0 bridgehead atoms. The van der Waals surface area contributed by atoms with Gasteiger partial charge in [0.25, 0.3) is 5.89 Å². The number of nitrogens with one attached hydrogen (secondary N) is 1. The Morgan fingerprint density at radius 1 is 1.14 bits per heavy atom. The molecule has 0 saturated heterocycles. The van der Waals surface area contributed by atoms with Crippen molar-refractivity contribution >= 4 is 11.6 Å². The largest absolute Gasteiger partial charge is 0.494 e. The first-order valence-electron chi connectivity index (χ1n) is 11.2. The van der Waals surface area contributed by atoms with E-state index in [4.69, 9.17) is 13.7 Å². The molecule has 2 amide bonds. The number of rotatable bonds is 7. The van der Waals surface area contributed by atoms with E-state index in [0.29, 0.717) is 35.0 Å². The highest BCUT2D eigenvalue weighted by atomic mass is 19.1. The maximum atomic E-state index is 14.1. The number of allylic oxidation sites excluding steroid dienone is 1. The number of furan rings is 1. The van der Waals surface area contributed by atoms with Crippen molar-refractivity contribution in [2.45, 2.75) is 26.4 Å². The fourth-order valence-corrected chi connectivity index (χ4v) is 4.06. The average molecular weight is 474 g/mol. The number of ether oxygens (including phenoxy) is 1. The number of carbonyl (C=O) groups excluding carboxylic acids is 1. The van der Waals surface area contributed by atoms with Gasteiger partial charge in [-0.3, -0.25) is 4.90 Å². The number of hydrogen-bond acceptors (Lipinski definition) is 6. The Labute approximate surface area is 201 Å². The highest BCUT2D eigenvalue weighted by Crippen LogP contribution is 2.38. The molecule has 1 unspecified atom stereocenters. The van der Waals surface area contributed by atoms with E-state index in [1.54, 1.807) is 37.5 Å². The second kappa shape index (κ2) is 9.46. The van der Waals surface area contributed by atoms with Crippen LogP contribution in [0.5, 0.6) is 5.75 Å². The lowest BCUT2D eigenvalue weighted by Gasteiger charge is -2.34. The molecule has 1 N–H and O–H groups in total. The molecule has 9 heteroatoms. The van der Waals surface area contributed by atoms with Crippen molar-refractivity contribution in [3.8, 4) is 17.1 Å². The number of aromatic nitrogens is 2. The molecule has 0 aliphatic carbocycles. The maximum absolute atomic E-state index is 14.1. The van der Waals surface area contributed by atoms with Gasteiger partial charge in [-0.15, -0.1) is 0 Å². The molecule has 0 spiro atoms. The van der Waals surface area contributed by atoms with Crippen LogP contribution in [-0.4, -0.2) is 27.7 Å². The summed E-state index contributed by atoms with van der Waals surface area (Å²) in [7, 11) is 0. The van der Waals surface area contributed by atoms with Gasteiger partial charge in [-0.1, -0.05) is 17.3 Å². The van der Waals surface area contributed by atoms with Crippen molar-refractivity contribution in [2.75, 3.05) is 6.61 Å². The van der Waals surface area contributed by atoms with Gasteiger partial charge >= 0.3 is 6.03 Å². The van der Waals surface area contributed by atoms with Crippen LogP contribution in [0.15, 0.2) is 81.6 Å². The van der Waals surface area contributed by atoms with Gasteiger partial charge in [0, 0.05) is 11.3 Å². The number of halogens is 1. The topological polar surface area (TPSA) is 93.6 Å². The first-order valence-corrected chi connectivity index (χ1v) is 11.2. The lowest BCUT2D eigenvalue weighted by molar-refractivity contribution is 0.199. The van der Waals surface area contributed by atoms with Gasteiger partial charge in [0.15, 0.2) is 0 Å². The van der Waals surface area contributed by atoms with E-state index in [2.05, 4.69) is 15.5 Å². The van der Waals surface area contributed by atoms with Gasteiger partial charge in [-0.05, 0) is 67.9 Å².